The first-order valence-corrected chi connectivity index (χ1v) is 13.0. The number of fused-ring (bicyclic) bond motifs is 1. The standard InChI is InChI=1S/C24H30N4O2S.C2H6/c1-24(23(30)25-20-11-6-7-12-20)22-19(16-27(2)26-22)17-31-14-8-13-21(29)28(24)15-18-9-4-3-5-10-18;1-2/h3-5,8-10,14,16,20H,6-7,11-13,15,17H2,1-2H3,(H,25,30);1-2H3/b14-8-;. The molecule has 2 heterocycles. The first-order valence-electron chi connectivity index (χ1n) is 11.9. The van der Waals surface area contributed by atoms with Gasteiger partial charge in [0.05, 0.1) is 0 Å². The van der Waals surface area contributed by atoms with Gasteiger partial charge in [-0.15, -0.1) is 11.8 Å². The highest BCUT2D eigenvalue weighted by Crippen LogP contribution is 2.35. The minimum atomic E-state index is -1.20. The van der Waals surface area contributed by atoms with Crippen molar-refractivity contribution >= 4 is 23.6 Å². The summed E-state index contributed by atoms with van der Waals surface area (Å²) in [6.07, 6.45) is 8.35. The third-order valence-corrected chi connectivity index (χ3v) is 7.11. The Kier molecular flexibility index (Phi) is 8.78. The van der Waals surface area contributed by atoms with Crippen LogP contribution in [0.1, 0.15) is 69.7 Å². The van der Waals surface area contributed by atoms with Crippen molar-refractivity contribution in [2.45, 2.75) is 76.8 Å². The van der Waals surface area contributed by atoms with Crippen LogP contribution in [0.2, 0.25) is 0 Å². The summed E-state index contributed by atoms with van der Waals surface area (Å²) in [7, 11) is 1.87. The molecule has 33 heavy (non-hydrogen) atoms. The predicted molar refractivity (Wildman–Crippen MR) is 134 cm³/mol. The molecule has 0 saturated heterocycles. The zero-order chi connectivity index (χ0) is 23.8. The van der Waals surface area contributed by atoms with Gasteiger partial charge in [0, 0.05) is 43.6 Å². The molecule has 1 atom stereocenters. The highest BCUT2D eigenvalue weighted by molar-refractivity contribution is 8.01. The maximum atomic E-state index is 13.9. The first-order chi connectivity index (χ1) is 16.0. The average molecular weight is 469 g/mol. The molecule has 1 aliphatic carbocycles. The van der Waals surface area contributed by atoms with Crippen LogP contribution in [0.4, 0.5) is 0 Å². The topological polar surface area (TPSA) is 67.2 Å². The summed E-state index contributed by atoms with van der Waals surface area (Å²) in [5, 5.41) is 9.95. The summed E-state index contributed by atoms with van der Waals surface area (Å²) < 4.78 is 1.75. The van der Waals surface area contributed by atoms with Gasteiger partial charge in [0.25, 0.3) is 5.91 Å². The second kappa shape index (κ2) is 11.5. The van der Waals surface area contributed by atoms with Crippen molar-refractivity contribution in [2.24, 2.45) is 7.05 Å². The number of benzene rings is 1. The van der Waals surface area contributed by atoms with Crippen LogP contribution in [0.25, 0.3) is 0 Å². The van der Waals surface area contributed by atoms with Crippen molar-refractivity contribution in [1.82, 2.24) is 20.0 Å². The van der Waals surface area contributed by atoms with Gasteiger partial charge >= 0.3 is 0 Å². The lowest BCUT2D eigenvalue weighted by molar-refractivity contribution is -0.149. The summed E-state index contributed by atoms with van der Waals surface area (Å²) in [6.45, 7) is 6.21. The van der Waals surface area contributed by atoms with Gasteiger partial charge in [-0.1, -0.05) is 63.1 Å². The molecule has 1 aromatic heterocycles. The Balaban J connectivity index is 0.00000149. The molecule has 178 valence electrons. The number of thioether (sulfide) groups is 1. The van der Waals surface area contributed by atoms with Crippen molar-refractivity contribution < 1.29 is 9.59 Å². The molecule has 1 saturated carbocycles. The minimum Gasteiger partial charge on any atom is -0.351 e. The van der Waals surface area contributed by atoms with Crippen molar-refractivity contribution in [3.63, 3.8) is 0 Å². The van der Waals surface area contributed by atoms with Crippen LogP contribution >= 0.6 is 11.8 Å². The van der Waals surface area contributed by atoms with Gasteiger partial charge in [-0.25, -0.2) is 0 Å². The number of hydrogen-bond acceptors (Lipinski definition) is 4. The van der Waals surface area contributed by atoms with E-state index in [1.165, 1.54) is 0 Å². The van der Waals surface area contributed by atoms with E-state index in [1.807, 2.05) is 75.8 Å². The smallest absolute Gasteiger partial charge is 0.252 e. The van der Waals surface area contributed by atoms with Gasteiger partial charge in [0.15, 0.2) is 5.54 Å². The Morgan fingerprint density at radius 1 is 1.21 bits per heavy atom. The molecule has 0 bridgehead atoms. The van der Waals surface area contributed by atoms with E-state index in [2.05, 4.69) is 5.32 Å². The van der Waals surface area contributed by atoms with E-state index in [0.717, 1.165) is 36.8 Å². The van der Waals surface area contributed by atoms with Crippen molar-refractivity contribution in [3.8, 4) is 0 Å². The van der Waals surface area contributed by atoms with Crippen molar-refractivity contribution in [2.75, 3.05) is 0 Å². The molecular formula is C26H36N4O2S. The van der Waals surface area contributed by atoms with Gasteiger partial charge in [-0.2, -0.15) is 5.10 Å². The number of aryl methyl sites for hydroxylation is 1. The Morgan fingerprint density at radius 2 is 1.91 bits per heavy atom. The molecule has 1 N–H and O–H groups in total. The molecular weight excluding hydrogens is 432 g/mol. The molecule has 0 radical (unpaired) electrons. The molecule has 7 heteroatoms. The van der Waals surface area contributed by atoms with E-state index >= 15 is 0 Å². The number of carbonyl (C=O) groups excluding carboxylic acids is 2. The van der Waals surface area contributed by atoms with Crippen LogP contribution < -0.4 is 5.32 Å². The molecule has 1 fully saturated rings. The Morgan fingerprint density at radius 3 is 2.61 bits per heavy atom. The van der Waals surface area contributed by atoms with Crippen LogP contribution in [0.5, 0.6) is 0 Å². The maximum Gasteiger partial charge on any atom is 0.252 e. The fourth-order valence-electron chi connectivity index (χ4n) is 4.53. The van der Waals surface area contributed by atoms with E-state index in [4.69, 9.17) is 5.10 Å². The van der Waals surface area contributed by atoms with Crippen LogP contribution in [0.15, 0.2) is 48.0 Å². The van der Waals surface area contributed by atoms with Crippen LogP contribution in [-0.4, -0.2) is 32.5 Å². The zero-order valence-corrected chi connectivity index (χ0v) is 21.0. The fraction of sp³-hybridized carbons (Fsp3) is 0.500. The highest BCUT2D eigenvalue weighted by atomic mass is 32.2. The molecule has 0 spiro atoms. The lowest BCUT2D eigenvalue weighted by atomic mass is 9.89. The number of carbonyl (C=O) groups is 2. The van der Waals surface area contributed by atoms with E-state index < -0.39 is 5.54 Å². The number of rotatable bonds is 4. The summed E-state index contributed by atoms with van der Waals surface area (Å²) in [4.78, 5) is 29.1. The van der Waals surface area contributed by atoms with Crippen molar-refractivity contribution in [1.29, 1.82) is 0 Å². The first kappa shape index (κ1) is 25.1. The fourth-order valence-corrected chi connectivity index (χ4v) is 5.25. The van der Waals surface area contributed by atoms with Gasteiger partial charge < -0.3 is 10.2 Å². The molecule has 4 rings (SSSR count). The Hall–Kier alpha value is -2.54. The maximum absolute atomic E-state index is 13.9. The molecule has 2 aliphatic rings. The number of aromatic nitrogens is 2. The highest BCUT2D eigenvalue weighted by Gasteiger charge is 2.47. The summed E-state index contributed by atoms with van der Waals surface area (Å²) in [6, 6.07) is 10.0. The minimum absolute atomic E-state index is 0.0803. The summed E-state index contributed by atoms with van der Waals surface area (Å²) in [5.41, 5.74) is 1.44. The zero-order valence-electron chi connectivity index (χ0n) is 20.2. The molecule has 1 unspecified atom stereocenters. The second-order valence-electron chi connectivity index (χ2n) is 8.56. The molecule has 1 aromatic carbocycles. The molecule has 2 aromatic rings. The van der Waals surface area contributed by atoms with Gasteiger partial charge in [-0.05, 0) is 30.7 Å². The number of nitrogens with zero attached hydrogens (tertiary/aromatic N) is 3. The summed E-state index contributed by atoms with van der Waals surface area (Å²) >= 11 is 1.62. The lowest BCUT2D eigenvalue weighted by Gasteiger charge is -2.40. The monoisotopic (exact) mass is 468 g/mol. The van der Waals surface area contributed by atoms with E-state index in [9.17, 15) is 9.59 Å². The Labute approximate surface area is 201 Å². The number of hydrogen-bond donors (Lipinski definition) is 1. The second-order valence-corrected chi connectivity index (χ2v) is 9.45. The van der Waals surface area contributed by atoms with E-state index in [1.54, 1.807) is 21.3 Å². The molecule has 6 nitrogen and oxygen atoms in total. The number of nitrogens with one attached hydrogen (secondary N) is 1. The molecule has 1 aliphatic heterocycles. The summed E-state index contributed by atoms with van der Waals surface area (Å²) in [5.74, 6) is 0.487. The van der Waals surface area contributed by atoms with Gasteiger partial charge in [0.2, 0.25) is 5.91 Å². The predicted octanol–water partition coefficient (Wildman–Crippen LogP) is 4.90. The largest absolute Gasteiger partial charge is 0.351 e. The van der Waals surface area contributed by atoms with Crippen molar-refractivity contribution in [3.05, 3.63) is 64.8 Å². The van der Waals surface area contributed by atoms with Crippen LogP contribution in [0, 0.1) is 0 Å². The number of amides is 2. The van der Waals surface area contributed by atoms with E-state index in [0.29, 0.717) is 18.0 Å². The van der Waals surface area contributed by atoms with Crippen LogP contribution in [-0.2, 0) is 34.5 Å². The lowest BCUT2D eigenvalue weighted by Crippen LogP contribution is -2.58. The van der Waals surface area contributed by atoms with Crippen LogP contribution in [0.3, 0.4) is 0 Å². The average Bonchev–Trinajstić information content (AvgIpc) is 3.47. The molecule has 2 amide bonds. The van der Waals surface area contributed by atoms with Gasteiger partial charge in [-0.3, -0.25) is 14.3 Å². The Bertz CT molecular complexity index is 966. The van der Waals surface area contributed by atoms with E-state index in [-0.39, 0.29) is 24.3 Å². The third kappa shape index (κ3) is 5.69. The third-order valence-electron chi connectivity index (χ3n) is 6.25. The quantitative estimate of drug-likeness (QED) is 0.693. The normalized spacial score (nSPS) is 22.2. The SMILES string of the molecule is CC.Cn1cc2c(n1)C(C)(C(=O)NC1CCCC1)N(Cc1ccccc1)C(=O)C/C=C\SC2. The van der Waals surface area contributed by atoms with Gasteiger partial charge in [0.1, 0.15) is 5.69 Å².